The van der Waals surface area contributed by atoms with Gasteiger partial charge in [0.1, 0.15) is 0 Å². The number of hydrogen-bond acceptors (Lipinski definition) is 1. The Kier molecular flexibility index (Phi) is 7.18. The zero-order valence-electron chi connectivity index (χ0n) is 28.5. The van der Waals surface area contributed by atoms with Gasteiger partial charge in [0.05, 0.1) is 11.0 Å². The van der Waals surface area contributed by atoms with Crippen molar-refractivity contribution >= 4 is 60.4 Å². The van der Waals surface area contributed by atoms with E-state index in [1.165, 1.54) is 71.3 Å². The van der Waals surface area contributed by atoms with Crippen LogP contribution in [0.25, 0.3) is 71.3 Å². The van der Waals surface area contributed by atoms with E-state index in [0.717, 1.165) is 17.1 Å². The van der Waals surface area contributed by atoms with Crippen molar-refractivity contribution in [2.75, 3.05) is 4.90 Å². The van der Waals surface area contributed by atoms with E-state index in [-0.39, 0.29) is 0 Å². The van der Waals surface area contributed by atoms with Gasteiger partial charge < -0.3 is 9.47 Å². The highest BCUT2D eigenvalue weighted by Crippen LogP contribution is 2.42. The number of aromatic nitrogens is 1. The summed E-state index contributed by atoms with van der Waals surface area (Å²) in [5, 5.41) is 7.51. The topological polar surface area (TPSA) is 8.17 Å². The molecule has 0 N–H and O–H groups in total. The number of para-hydroxylation sites is 4. The third kappa shape index (κ3) is 5.04. The lowest BCUT2D eigenvalue weighted by Crippen LogP contribution is -2.09. The Morgan fingerprint density at radius 1 is 0.308 bits per heavy atom. The number of nitrogens with zero attached hydrogens (tertiary/aromatic N) is 2. The van der Waals surface area contributed by atoms with Crippen LogP contribution < -0.4 is 4.90 Å². The van der Waals surface area contributed by atoms with Crippen LogP contribution in [0.5, 0.6) is 0 Å². The highest BCUT2D eigenvalue weighted by Gasteiger charge is 2.18. The molecule has 0 saturated carbocycles. The lowest BCUT2D eigenvalue weighted by Gasteiger charge is -2.25. The molecule has 10 rings (SSSR count). The van der Waals surface area contributed by atoms with Gasteiger partial charge in [-0.3, -0.25) is 0 Å². The molecule has 0 radical (unpaired) electrons. The quantitative estimate of drug-likeness (QED) is 0.161. The molecule has 0 bridgehead atoms. The van der Waals surface area contributed by atoms with Gasteiger partial charge in [0.15, 0.2) is 0 Å². The monoisotopic (exact) mass is 662 g/mol. The molecule has 0 aliphatic heterocycles. The van der Waals surface area contributed by atoms with Crippen LogP contribution in [-0.2, 0) is 0 Å². The minimum Gasteiger partial charge on any atom is -0.311 e. The minimum absolute atomic E-state index is 1.12. The van der Waals surface area contributed by atoms with E-state index in [0.29, 0.717) is 0 Å². The number of rotatable bonds is 6. The lowest BCUT2D eigenvalue weighted by molar-refractivity contribution is 1.18. The molecule has 244 valence electrons. The zero-order valence-corrected chi connectivity index (χ0v) is 28.5. The van der Waals surface area contributed by atoms with Gasteiger partial charge in [0.2, 0.25) is 0 Å². The maximum Gasteiger partial charge on any atom is 0.0547 e. The number of anilines is 3. The summed E-state index contributed by atoms with van der Waals surface area (Å²) < 4.78 is 2.41. The van der Waals surface area contributed by atoms with E-state index in [1.807, 2.05) is 0 Å². The fraction of sp³-hybridized carbons (Fsp3) is 0. The molecule has 2 nitrogen and oxygen atoms in total. The lowest BCUT2D eigenvalue weighted by atomic mass is 9.90. The Balaban J connectivity index is 1.21. The van der Waals surface area contributed by atoms with Gasteiger partial charge in [-0.1, -0.05) is 127 Å². The van der Waals surface area contributed by atoms with Gasteiger partial charge in [0.25, 0.3) is 0 Å². The third-order valence-corrected chi connectivity index (χ3v) is 10.3. The van der Waals surface area contributed by atoms with Gasteiger partial charge in [-0.2, -0.15) is 0 Å². The van der Waals surface area contributed by atoms with E-state index >= 15 is 0 Å². The van der Waals surface area contributed by atoms with E-state index in [2.05, 4.69) is 216 Å². The van der Waals surface area contributed by atoms with Gasteiger partial charge >= 0.3 is 0 Å². The largest absolute Gasteiger partial charge is 0.311 e. The average molecular weight is 663 g/mol. The second kappa shape index (κ2) is 12.5. The van der Waals surface area contributed by atoms with Crippen molar-refractivity contribution in [3.8, 4) is 27.9 Å². The normalized spacial score (nSPS) is 11.5. The smallest absolute Gasteiger partial charge is 0.0547 e. The van der Waals surface area contributed by atoms with Crippen molar-refractivity contribution in [2.45, 2.75) is 0 Å². The first-order valence-electron chi connectivity index (χ1n) is 17.9. The maximum absolute atomic E-state index is 2.42. The molecule has 1 heterocycles. The first kappa shape index (κ1) is 30.0. The van der Waals surface area contributed by atoms with E-state index in [4.69, 9.17) is 0 Å². The summed E-state index contributed by atoms with van der Waals surface area (Å²) in [6, 6.07) is 74.6. The van der Waals surface area contributed by atoms with Crippen molar-refractivity contribution in [3.05, 3.63) is 206 Å². The molecule has 0 aliphatic carbocycles. The third-order valence-electron chi connectivity index (χ3n) is 10.3. The van der Waals surface area contributed by atoms with Crippen molar-refractivity contribution in [1.29, 1.82) is 0 Å². The SMILES string of the molecule is c1ccc(-c2ccc3c(c2)c(-c2ccc(N(c4ccccc4)c4ccccc4)cc2)cc2cc4c(cc23)c2ccccc2n4-c2ccccc2)cc1. The molecule has 0 unspecified atom stereocenters. The molecule has 1 aromatic heterocycles. The molecule has 0 amide bonds. The predicted octanol–water partition coefficient (Wildman–Crippen LogP) is 13.9. The highest BCUT2D eigenvalue weighted by molar-refractivity contribution is 6.21. The highest BCUT2D eigenvalue weighted by atomic mass is 15.1. The molecule has 0 atom stereocenters. The summed E-state index contributed by atoms with van der Waals surface area (Å²) in [6.45, 7) is 0. The van der Waals surface area contributed by atoms with Crippen LogP contribution in [0.15, 0.2) is 206 Å². The Hall–Kier alpha value is -6.90. The summed E-state index contributed by atoms with van der Waals surface area (Å²) in [6.07, 6.45) is 0. The number of hydrogen-bond donors (Lipinski definition) is 0. The Morgan fingerprint density at radius 3 is 1.58 bits per heavy atom. The van der Waals surface area contributed by atoms with Gasteiger partial charge in [0, 0.05) is 33.5 Å². The van der Waals surface area contributed by atoms with Crippen molar-refractivity contribution < 1.29 is 0 Å². The second-order valence-corrected chi connectivity index (χ2v) is 13.4. The molecule has 9 aromatic carbocycles. The van der Waals surface area contributed by atoms with E-state index in [9.17, 15) is 0 Å². The van der Waals surface area contributed by atoms with E-state index < -0.39 is 0 Å². The van der Waals surface area contributed by atoms with Crippen molar-refractivity contribution in [3.63, 3.8) is 0 Å². The van der Waals surface area contributed by atoms with Crippen LogP contribution in [-0.4, -0.2) is 4.57 Å². The fourth-order valence-electron chi connectivity index (χ4n) is 7.91. The average Bonchev–Trinajstić information content (AvgIpc) is 3.54. The molecule has 2 heteroatoms. The van der Waals surface area contributed by atoms with Gasteiger partial charge in [-0.25, -0.2) is 0 Å². The van der Waals surface area contributed by atoms with E-state index in [1.54, 1.807) is 0 Å². The first-order valence-corrected chi connectivity index (χ1v) is 17.9. The van der Waals surface area contributed by atoms with Crippen LogP contribution in [0.1, 0.15) is 0 Å². The predicted molar refractivity (Wildman–Crippen MR) is 221 cm³/mol. The summed E-state index contributed by atoms with van der Waals surface area (Å²) in [7, 11) is 0. The molecule has 52 heavy (non-hydrogen) atoms. The molecular formula is C50H34N2. The molecule has 0 spiro atoms. The second-order valence-electron chi connectivity index (χ2n) is 13.4. The summed E-state index contributed by atoms with van der Waals surface area (Å²) >= 11 is 0. The number of fused-ring (bicyclic) bond motifs is 6. The summed E-state index contributed by atoms with van der Waals surface area (Å²) in [5.41, 5.74) is 11.8. The zero-order chi connectivity index (χ0) is 34.4. The van der Waals surface area contributed by atoms with Gasteiger partial charge in [-0.15, -0.1) is 0 Å². The van der Waals surface area contributed by atoms with Crippen molar-refractivity contribution in [1.82, 2.24) is 4.57 Å². The molecule has 0 aliphatic rings. The molecule has 0 fully saturated rings. The summed E-state index contributed by atoms with van der Waals surface area (Å²) in [4.78, 5) is 2.31. The standard InChI is InChI=1S/C50H34N2/c1-5-15-35(16-6-1)37-27-30-43-46-34-48-44-23-13-14-24-49(44)52(41-21-11-4-12-22-41)50(48)33-38(46)32-45(47(43)31-37)36-25-28-42(29-26-36)51(39-17-7-2-8-18-39)40-19-9-3-10-20-40/h1-34H. The fourth-order valence-corrected chi connectivity index (χ4v) is 7.91. The number of benzene rings is 9. The van der Waals surface area contributed by atoms with Crippen LogP contribution in [0, 0.1) is 0 Å². The Morgan fingerprint density at radius 2 is 0.885 bits per heavy atom. The van der Waals surface area contributed by atoms with Crippen LogP contribution in [0.4, 0.5) is 17.1 Å². The first-order chi connectivity index (χ1) is 25.8. The van der Waals surface area contributed by atoms with Crippen molar-refractivity contribution in [2.24, 2.45) is 0 Å². The Bertz CT molecular complexity index is 2820. The maximum atomic E-state index is 2.42. The van der Waals surface area contributed by atoms with Crippen LogP contribution in [0.2, 0.25) is 0 Å². The minimum atomic E-state index is 1.12. The molecule has 0 saturated heterocycles. The van der Waals surface area contributed by atoms with Crippen LogP contribution in [0.3, 0.4) is 0 Å². The van der Waals surface area contributed by atoms with Gasteiger partial charge in [-0.05, 0) is 123 Å². The van der Waals surface area contributed by atoms with Crippen LogP contribution >= 0.6 is 0 Å². The molecular weight excluding hydrogens is 629 g/mol. The molecule has 10 aromatic rings. The Labute approximate surface area is 303 Å². The summed E-state index contributed by atoms with van der Waals surface area (Å²) in [5.74, 6) is 0.